The maximum Gasteiger partial charge on any atom is 0.145 e. The number of aryl methyl sites for hydroxylation is 1. The van der Waals surface area contributed by atoms with Crippen LogP contribution in [0.25, 0.3) is 0 Å². The molecular formula is C13H23N5. The highest BCUT2D eigenvalue weighted by molar-refractivity contribution is 5.46. The normalized spacial score (nSPS) is 15.2. The lowest BCUT2D eigenvalue weighted by molar-refractivity contribution is 0.303. The maximum atomic E-state index is 5.42. The fourth-order valence-electron chi connectivity index (χ4n) is 2.18. The van der Waals surface area contributed by atoms with Crippen LogP contribution in [0, 0.1) is 5.92 Å². The van der Waals surface area contributed by atoms with Crippen LogP contribution in [-0.2, 0) is 6.42 Å². The fourth-order valence-corrected chi connectivity index (χ4v) is 2.18. The fraction of sp³-hybridized carbons (Fsp3) is 0.692. The summed E-state index contributed by atoms with van der Waals surface area (Å²) in [7, 11) is 0. The van der Waals surface area contributed by atoms with Gasteiger partial charge in [-0.1, -0.05) is 26.2 Å². The Kier molecular flexibility index (Phi) is 4.75. The van der Waals surface area contributed by atoms with Crippen LogP contribution in [0.15, 0.2) is 6.07 Å². The van der Waals surface area contributed by atoms with E-state index in [-0.39, 0.29) is 0 Å². The van der Waals surface area contributed by atoms with E-state index < -0.39 is 0 Å². The van der Waals surface area contributed by atoms with E-state index in [4.69, 9.17) is 5.84 Å². The number of rotatable bonds is 7. The van der Waals surface area contributed by atoms with Gasteiger partial charge in [0.2, 0.25) is 0 Å². The molecule has 0 amide bonds. The number of aromatic nitrogens is 2. The summed E-state index contributed by atoms with van der Waals surface area (Å²) in [5.41, 5.74) is 2.60. The van der Waals surface area contributed by atoms with Crippen molar-refractivity contribution in [3.05, 3.63) is 11.9 Å². The van der Waals surface area contributed by atoms with Crippen LogP contribution in [0.4, 0.5) is 11.6 Å². The summed E-state index contributed by atoms with van der Waals surface area (Å²) in [6.07, 6.45) is 7.34. The largest absolute Gasteiger partial charge is 0.370 e. The lowest BCUT2D eigenvalue weighted by Gasteiger charge is -2.25. The molecule has 0 unspecified atom stereocenters. The van der Waals surface area contributed by atoms with Gasteiger partial charge < -0.3 is 10.7 Å². The molecule has 1 fully saturated rings. The zero-order chi connectivity index (χ0) is 12.8. The van der Waals surface area contributed by atoms with E-state index in [9.17, 15) is 0 Å². The van der Waals surface area contributed by atoms with Crippen molar-refractivity contribution in [1.29, 1.82) is 0 Å². The van der Waals surface area contributed by atoms with Gasteiger partial charge in [-0.25, -0.2) is 15.8 Å². The molecular weight excluding hydrogens is 226 g/mol. The molecule has 1 aromatic heterocycles. The van der Waals surface area contributed by atoms with Gasteiger partial charge in [0.15, 0.2) is 0 Å². The maximum absolute atomic E-state index is 5.42. The Morgan fingerprint density at radius 2 is 2.11 bits per heavy atom. The lowest BCUT2D eigenvalue weighted by atomic mass is 9.83. The Balaban J connectivity index is 1.90. The quantitative estimate of drug-likeness (QED) is 0.510. The number of nitrogens with one attached hydrogen (secondary N) is 2. The predicted octanol–water partition coefficient (Wildman–Crippen LogP) is 2.32. The van der Waals surface area contributed by atoms with Gasteiger partial charge in [-0.3, -0.25) is 0 Å². The molecule has 4 N–H and O–H groups in total. The van der Waals surface area contributed by atoms with Gasteiger partial charge in [-0.15, -0.1) is 0 Å². The first-order valence-corrected chi connectivity index (χ1v) is 6.90. The van der Waals surface area contributed by atoms with Gasteiger partial charge in [-0.2, -0.15) is 0 Å². The Morgan fingerprint density at radius 1 is 1.33 bits per heavy atom. The van der Waals surface area contributed by atoms with E-state index in [0.717, 1.165) is 36.9 Å². The zero-order valence-corrected chi connectivity index (χ0v) is 11.1. The highest BCUT2D eigenvalue weighted by Gasteiger charge is 2.16. The third-order valence-corrected chi connectivity index (χ3v) is 3.48. The van der Waals surface area contributed by atoms with Gasteiger partial charge in [-0.05, 0) is 18.8 Å². The number of nitrogens with zero attached hydrogens (tertiary/aromatic N) is 2. The number of hydrazine groups is 1. The van der Waals surface area contributed by atoms with Crippen LogP contribution in [-0.4, -0.2) is 16.5 Å². The van der Waals surface area contributed by atoms with Crippen molar-refractivity contribution in [2.75, 3.05) is 17.3 Å². The molecule has 0 aliphatic heterocycles. The first kappa shape index (κ1) is 13.1. The lowest BCUT2D eigenvalue weighted by Crippen LogP contribution is -2.17. The van der Waals surface area contributed by atoms with Gasteiger partial charge in [0, 0.05) is 19.0 Å². The Bertz CT molecular complexity index is 376. The summed E-state index contributed by atoms with van der Waals surface area (Å²) in [6, 6.07) is 1.86. The molecule has 18 heavy (non-hydrogen) atoms. The average Bonchev–Trinajstić information content (AvgIpc) is 2.32. The van der Waals surface area contributed by atoms with Crippen LogP contribution in [0.5, 0.6) is 0 Å². The zero-order valence-electron chi connectivity index (χ0n) is 11.1. The molecule has 0 bridgehead atoms. The summed E-state index contributed by atoms with van der Waals surface area (Å²) in [6.45, 7) is 3.10. The predicted molar refractivity (Wildman–Crippen MR) is 74.3 cm³/mol. The highest BCUT2D eigenvalue weighted by atomic mass is 15.3. The first-order chi connectivity index (χ1) is 8.81. The summed E-state index contributed by atoms with van der Waals surface area (Å²) in [4.78, 5) is 8.82. The third kappa shape index (κ3) is 3.57. The second-order valence-electron chi connectivity index (χ2n) is 4.96. The molecule has 2 rings (SSSR count). The number of hydrogen-bond donors (Lipinski definition) is 3. The molecule has 0 aromatic carbocycles. The van der Waals surface area contributed by atoms with Crippen molar-refractivity contribution in [2.45, 2.75) is 45.4 Å². The standard InChI is InChI=1S/C13H23N5/c1-2-4-11-16-12(9-13(17-11)18-14)15-8-7-10-5-3-6-10/h9-10H,2-8,14H2,1H3,(H2,15,16,17,18). The van der Waals surface area contributed by atoms with E-state index in [0.29, 0.717) is 5.82 Å². The summed E-state index contributed by atoms with van der Waals surface area (Å²) < 4.78 is 0. The van der Waals surface area contributed by atoms with Crippen molar-refractivity contribution in [3.63, 3.8) is 0 Å². The smallest absolute Gasteiger partial charge is 0.145 e. The van der Waals surface area contributed by atoms with E-state index in [1.807, 2.05) is 6.07 Å². The molecule has 1 heterocycles. The molecule has 0 atom stereocenters. The SMILES string of the molecule is CCCc1nc(NN)cc(NCCC2CCC2)n1. The number of hydrogen-bond acceptors (Lipinski definition) is 5. The van der Waals surface area contributed by atoms with Gasteiger partial charge >= 0.3 is 0 Å². The molecule has 1 saturated carbocycles. The molecule has 0 spiro atoms. The molecule has 0 radical (unpaired) electrons. The number of anilines is 2. The van der Waals surface area contributed by atoms with Crippen molar-refractivity contribution in [1.82, 2.24) is 9.97 Å². The second kappa shape index (κ2) is 6.54. The Labute approximate surface area is 109 Å². The van der Waals surface area contributed by atoms with E-state index in [1.165, 1.54) is 25.7 Å². The topological polar surface area (TPSA) is 75.9 Å². The molecule has 1 aliphatic rings. The molecule has 1 aliphatic carbocycles. The van der Waals surface area contributed by atoms with E-state index in [2.05, 4.69) is 27.6 Å². The van der Waals surface area contributed by atoms with Crippen molar-refractivity contribution in [3.8, 4) is 0 Å². The second-order valence-corrected chi connectivity index (χ2v) is 4.96. The van der Waals surface area contributed by atoms with E-state index >= 15 is 0 Å². The van der Waals surface area contributed by atoms with Crippen LogP contribution in [0.1, 0.15) is 44.9 Å². The Hall–Kier alpha value is -1.36. The van der Waals surface area contributed by atoms with Crippen LogP contribution < -0.4 is 16.6 Å². The van der Waals surface area contributed by atoms with Gasteiger partial charge in [0.05, 0.1) is 0 Å². The minimum absolute atomic E-state index is 0.680. The van der Waals surface area contributed by atoms with Crippen LogP contribution in [0.3, 0.4) is 0 Å². The monoisotopic (exact) mass is 249 g/mol. The van der Waals surface area contributed by atoms with Crippen LogP contribution in [0.2, 0.25) is 0 Å². The summed E-state index contributed by atoms with van der Waals surface area (Å²) in [5.74, 6) is 8.74. The van der Waals surface area contributed by atoms with E-state index in [1.54, 1.807) is 0 Å². The molecule has 1 aromatic rings. The summed E-state index contributed by atoms with van der Waals surface area (Å²) >= 11 is 0. The van der Waals surface area contributed by atoms with Gasteiger partial charge in [0.1, 0.15) is 17.5 Å². The van der Waals surface area contributed by atoms with Crippen molar-refractivity contribution in [2.24, 2.45) is 11.8 Å². The highest BCUT2D eigenvalue weighted by Crippen LogP contribution is 2.29. The Morgan fingerprint density at radius 3 is 2.72 bits per heavy atom. The molecule has 100 valence electrons. The molecule has 0 saturated heterocycles. The van der Waals surface area contributed by atoms with Crippen molar-refractivity contribution >= 4 is 11.6 Å². The van der Waals surface area contributed by atoms with Gasteiger partial charge in [0.25, 0.3) is 0 Å². The summed E-state index contributed by atoms with van der Waals surface area (Å²) in [5, 5.41) is 3.37. The average molecular weight is 249 g/mol. The number of nitrogens with two attached hydrogens (primary N) is 1. The van der Waals surface area contributed by atoms with Crippen molar-refractivity contribution < 1.29 is 0 Å². The molecule has 5 nitrogen and oxygen atoms in total. The third-order valence-electron chi connectivity index (χ3n) is 3.48. The number of nitrogen functional groups attached to an aromatic ring is 1. The minimum atomic E-state index is 0.680. The van der Waals surface area contributed by atoms with Crippen LogP contribution >= 0.6 is 0 Å². The first-order valence-electron chi connectivity index (χ1n) is 6.90. The minimum Gasteiger partial charge on any atom is -0.370 e. The molecule has 5 heteroatoms.